The SMILES string of the molecule is COc1cc(/C=C/c2ccccc2)c(C(=O)[O-])c(O)c1C/C=C(\C)CCC=C(C)C.[Li+]. The second-order valence-electron chi connectivity index (χ2n) is 7.48. The topological polar surface area (TPSA) is 69.6 Å². The van der Waals surface area contributed by atoms with Gasteiger partial charge in [0.2, 0.25) is 0 Å². The van der Waals surface area contributed by atoms with Crippen LogP contribution in [0.4, 0.5) is 0 Å². The first kappa shape index (κ1) is 26.4. The minimum atomic E-state index is -1.42. The molecule has 0 spiro atoms. The van der Waals surface area contributed by atoms with Crippen LogP contribution in [-0.2, 0) is 6.42 Å². The van der Waals surface area contributed by atoms with E-state index in [9.17, 15) is 15.0 Å². The van der Waals surface area contributed by atoms with Gasteiger partial charge in [0.1, 0.15) is 11.5 Å². The quantitative estimate of drug-likeness (QED) is 0.389. The Bertz CT molecular complexity index is 969. The number of phenols is 1. The minimum Gasteiger partial charge on any atom is -0.545 e. The number of aromatic hydroxyl groups is 1. The van der Waals surface area contributed by atoms with Crippen LogP contribution in [0.25, 0.3) is 12.2 Å². The van der Waals surface area contributed by atoms with E-state index in [1.165, 1.54) is 12.7 Å². The van der Waals surface area contributed by atoms with Crippen LogP contribution in [0.2, 0.25) is 0 Å². The number of carbonyl (C=O) groups excluding carboxylic acids is 1. The van der Waals surface area contributed by atoms with Crippen molar-refractivity contribution in [2.45, 2.75) is 40.0 Å². The van der Waals surface area contributed by atoms with Gasteiger partial charge in [-0.15, -0.1) is 0 Å². The summed E-state index contributed by atoms with van der Waals surface area (Å²) >= 11 is 0. The Morgan fingerprint density at radius 2 is 1.77 bits per heavy atom. The van der Waals surface area contributed by atoms with E-state index in [1.807, 2.05) is 43.3 Å². The van der Waals surface area contributed by atoms with E-state index in [0.29, 0.717) is 23.3 Å². The zero-order valence-electron chi connectivity index (χ0n) is 19.1. The molecule has 4 nitrogen and oxygen atoms in total. The van der Waals surface area contributed by atoms with Gasteiger partial charge in [0.25, 0.3) is 0 Å². The maximum absolute atomic E-state index is 11.8. The number of carbonyl (C=O) groups is 1. The Kier molecular flexibility index (Phi) is 11.0. The maximum atomic E-state index is 11.8. The van der Waals surface area contributed by atoms with Crippen LogP contribution in [0, 0.1) is 0 Å². The second kappa shape index (κ2) is 12.9. The van der Waals surface area contributed by atoms with Crippen molar-refractivity contribution in [3.8, 4) is 11.5 Å². The number of hydrogen-bond acceptors (Lipinski definition) is 4. The third-order valence-electron chi connectivity index (χ3n) is 4.82. The molecule has 2 aromatic rings. The zero-order chi connectivity index (χ0) is 22.1. The Hall–Kier alpha value is -2.67. The minimum absolute atomic E-state index is 0. The van der Waals surface area contributed by atoms with Crippen LogP contribution in [-0.4, -0.2) is 18.2 Å². The van der Waals surface area contributed by atoms with Crippen molar-refractivity contribution in [2.75, 3.05) is 7.11 Å². The van der Waals surface area contributed by atoms with E-state index in [2.05, 4.69) is 19.9 Å². The molecule has 0 saturated heterocycles. The average Bonchev–Trinajstić information content (AvgIpc) is 2.71. The number of ether oxygens (including phenoxy) is 1. The Morgan fingerprint density at radius 3 is 2.35 bits per heavy atom. The first-order valence-corrected chi connectivity index (χ1v) is 9.99. The predicted octanol–water partition coefficient (Wildman–Crippen LogP) is 2.17. The van der Waals surface area contributed by atoms with Crippen molar-refractivity contribution in [1.29, 1.82) is 0 Å². The molecule has 0 bridgehead atoms. The van der Waals surface area contributed by atoms with E-state index in [0.717, 1.165) is 24.0 Å². The van der Waals surface area contributed by atoms with Crippen LogP contribution in [0.1, 0.15) is 60.7 Å². The molecule has 0 amide bonds. The van der Waals surface area contributed by atoms with Crippen LogP contribution in [0.15, 0.2) is 59.7 Å². The largest absolute Gasteiger partial charge is 1.00 e. The van der Waals surface area contributed by atoms with Gasteiger partial charge in [0.15, 0.2) is 0 Å². The van der Waals surface area contributed by atoms with Crippen molar-refractivity contribution in [3.63, 3.8) is 0 Å². The van der Waals surface area contributed by atoms with E-state index < -0.39 is 5.97 Å². The molecule has 0 atom stereocenters. The molecule has 5 heteroatoms. The number of aromatic carboxylic acids is 1. The molecular formula is C26H29LiO4. The van der Waals surface area contributed by atoms with Gasteiger partial charge in [-0.05, 0) is 57.2 Å². The van der Waals surface area contributed by atoms with Crippen molar-refractivity contribution in [1.82, 2.24) is 0 Å². The summed E-state index contributed by atoms with van der Waals surface area (Å²) in [6, 6.07) is 11.1. The molecule has 0 radical (unpaired) electrons. The average molecular weight is 412 g/mol. The molecule has 2 rings (SSSR count). The zero-order valence-corrected chi connectivity index (χ0v) is 19.1. The van der Waals surface area contributed by atoms with E-state index in [4.69, 9.17) is 4.74 Å². The summed E-state index contributed by atoms with van der Waals surface area (Å²) in [5, 5.41) is 22.5. The number of rotatable bonds is 9. The molecule has 0 fully saturated rings. The summed E-state index contributed by atoms with van der Waals surface area (Å²) in [6.45, 7) is 6.16. The smallest absolute Gasteiger partial charge is 0.545 e. The van der Waals surface area contributed by atoms with Gasteiger partial charge in [0.05, 0.1) is 13.1 Å². The van der Waals surface area contributed by atoms with Crippen LogP contribution < -0.4 is 28.7 Å². The molecule has 1 N–H and O–H groups in total. The number of carboxylic acid groups (broad SMARTS) is 1. The second-order valence-corrected chi connectivity index (χ2v) is 7.48. The first-order valence-electron chi connectivity index (χ1n) is 9.99. The van der Waals surface area contributed by atoms with Gasteiger partial charge in [-0.25, -0.2) is 0 Å². The Labute approximate surface area is 197 Å². The fourth-order valence-corrected chi connectivity index (χ4v) is 3.15. The van der Waals surface area contributed by atoms with Gasteiger partial charge >= 0.3 is 18.9 Å². The summed E-state index contributed by atoms with van der Waals surface area (Å²) in [7, 11) is 1.51. The molecule has 0 unspecified atom stereocenters. The maximum Gasteiger partial charge on any atom is 1.00 e. The first-order chi connectivity index (χ1) is 14.3. The third kappa shape index (κ3) is 7.83. The normalized spacial score (nSPS) is 11.2. The van der Waals surface area contributed by atoms with Gasteiger partial charge in [-0.3, -0.25) is 0 Å². The Balaban J connectivity index is 0.00000480. The predicted molar refractivity (Wildman–Crippen MR) is 120 cm³/mol. The number of carboxylic acids is 1. The van der Waals surface area contributed by atoms with Gasteiger partial charge in [0, 0.05) is 11.1 Å². The van der Waals surface area contributed by atoms with E-state index in [1.54, 1.807) is 18.2 Å². The number of hydrogen-bond donors (Lipinski definition) is 1. The molecule has 0 aliphatic heterocycles. The Morgan fingerprint density at radius 1 is 1.10 bits per heavy atom. The van der Waals surface area contributed by atoms with Crippen LogP contribution in [0.5, 0.6) is 11.5 Å². The number of benzene rings is 2. The molecule has 0 aliphatic rings. The van der Waals surface area contributed by atoms with Gasteiger partial charge in [-0.2, -0.15) is 0 Å². The molecule has 31 heavy (non-hydrogen) atoms. The molecule has 0 saturated carbocycles. The summed E-state index contributed by atoms with van der Waals surface area (Å²) in [6.07, 6.45) is 9.83. The van der Waals surface area contributed by atoms with Crippen molar-refractivity contribution >= 4 is 18.1 Å². The standard InChI is InChI=1S/C26H30O4.Li/c1-18(2)9-8-10-19(3)13-16-22-23(30-4)17-21(24(25(22)27)26(28)29)15-14-20-11-6-5-7-12-20;/h5-7,9,11-15,17,27H,8,10,16H2,1-4H3,(H,28,29);/q;+1/p-1/b15-14+,19-13+;. The fraction of sp³-hybridized carbons (Fsp3) is 0.269. The van der Waals surface area contributed by atoms with Gasteiger partial charge in [-0.1, -0.05) is 65.8 Å². The van der Waals surface area contributed by atoms with Gasteiger partial charge < -0.3 is 19.7 Å². The molecule has 0 heterocycles. The molecule has 0 aromatic heterocycles. The van der Waals surface area contributed by atoms with E-state index >= 15 is 0 Å². The van der Waals surface area contributed by atoms with E-state index in [-0.39, 0.29) is 30.2 Å². The molecule has 158 valence electrons. The summed E-state index contributed by atoms with van der Waals surface area (Å²) in [5.41, 5.74) is 3.90. The van der Waals surface area contributed by atoms with Crippen molar-refractivity contribution in [2.24, 2.45) is 0 Å². The summed E-state index contributed by atoms with van der Waals surface area (Å²) < 4.78 is 5.45. The third-order valence-corrected chi connectivity index (χ3v) is 4.82. The number of allylic oxidation sites excluding steroid dienone is 4. The van der Waals surface area contributed by atoms with Crippen molar-refractivity contribution < 1.29 is 38.6 Å². The molecular weight excluding hydrogens is 383 g/mol. The molecule has 0 aliphatic carbocycles. The van der Waals surface area contributed by atoms with Crippen LogP contribution in [0.3, 0.4) is 0 Å². The summed E-state index contributed by atoms with van der Waals surface area (Å²) in [5.74, 6) is -1.29. The van der Waals surface area contributed by atoms with Crippen LogP contribution >= 0.6 is 0 Å². The van der Waals surface area contributed by atoms with Crippen molar-refractivity contribution in [3.05, 3.63) is 82.0 Å². The monoisotopic (exact) mass is 412 g/mol. The molecule has 2 aromatic carbocycles. The fourth-order valence-electron chi connectivity index (χ4n) is 3.15. The summed E-state index contributed by atoms with van der Waals surface area (Å²) in [4.78, 5) is 11.8. The number of methoxy groups -OCH3 is 1.